The van der Waals surface area contributed by atoms with Gasteiger partial charge in [0, 0.05) is 12.1 Å². The van der Waals surface area contributed by atoms with E-state index in [1.165, 1.54) is 0 Å². The first-order valence-electron chi connectivity index (χ1n) is 6.51. The van der Waals surface area contributed by atoms with Gasteiger partial charge in [-0.2, -0.15) is 5.10 Å². The molecule has 5 nitrogen and oxygen atoms in total. The van der Waals surface area contributed by atoms with Crippen molar-refractivity contribution in [3.05, 3.63) is 50.7 Å². The van der Waals surface area contributed by atoms with E-state index in [0.717, 1.165) is 21.3 Å². The van der Waals surface area contributed by atoms with Gasteiger partial charge in [0.05, 0.1) is 35.6 Å². The molecule has 114 valence electrons. The maximum Gasteiger partial charge on any atom is 0.0892 e. The molecule has 0 saturated carbocycles. The van der Waals surface area contributed by atoms with Gasteiger partial charge < -0.3 is 4.74 Å². The van der Waals surface area contributed by atoms with E-state index in [2.05, 4.69) is 26.5 Å². The van der Waals surface area contributed by atoms with Crippen molar-refractivity contribution in [2.45, 2.75) is 19.5 Å². The van der Waals surface area contributed by atoms with Gasteiger partial charge in [-0.05, 0) is 40.0 Å². The number of halogens is 2. The minimum absolute atomic E-state index is 0.211. The quantitative estimate of drug-likeness (QED) is 0.604. The molecule has 0 fully saturated rings. The van der Waals surface area contributed by atoms with Crippen LogP contribution < -0.4 is 11.3 Å². The molecule has 1 aromatic carbocycles. The summed E-state index contributed by atoms with van der Waals surface area (Å²) in [5.41, 5.74) is 5.81. The van der Waals surface area contributed by atoms with Crippen molar-refractivity contribution in [1.82, 2.24) is 15.2 Å². The summed E-state index contributed by atoms with van der Waals surface area (Å²) in [6.45, 7) is 3.20. The van der Waals surface area contributed by atoms with Crippen LogP contribution in [0, 0.1) is 6.92 Å². The van der Waals surface area contributed by atoms with E-state index in [9.17, 15) is 0 Å². The number of nitrogens with one attached hydrogen (secondary N) is 1. The Bertz CT molecular complexity index is 617. The van der Waals surface area contributed by atoms with Crippen molar-refractivity contribution in [1.29, 1.82) is 0 Å². The van der Waals surface area contributed by atoms with E-state index < -0.39 is 0 Å². The first-order chi connectivity index (χ1) is 10.1. The number of methoxy groups -OCH3 is 1. The summed E-state index contributed by atoms with van der Waals surface area (Å²) in [5, 5.41) is 5.08. The number of ether oxygens (including phenoxy) is 1. The average Bonchev–Trinajstić information content (AvgIpc) is 2.83. The molecule has 0 saturated heterocycles. The van der Waals surface area contributed by atoms with Gasteiger partial charge in [-0.15, -0.1) is 0 Å². The molecule has 2 rings (SSSR count). The summed E-state index contributed by atoms with van der Waals surface area (Å²) in [6.07, 6.45) is 1.76. The van der Waals surface area contributed by atoms with Crippen molar-refractivity contribution >= 4 is 27.5 Å². The molecule has 3 N–H and O–H groups in total. The van der Waals surface area contributed by atoms with Crippen LogP contribution >= 0.6 is 27.5 Å². The second-order valence-corrected chi connectivity index (χ2v) is 5.91. The number of rotatable bonds is 6. The van der Waals surface area contributed by atoms with Crippen molar-refractivity contribution in [3.8, 4) is 0 Å². The molecule has 0 aliphatic carbocycles. The highest BCUT2D eigenvalue weighted by Crippen LogP contribution is 2.32. The molecule has 1 aromatic heterocycles. The highest BCUT2D eigenvalue weighted by atomic mass is 79.9. The maximum atomic E-state index is 6.22. The number of nitrogens with zero attached hydrogens (tertiary/aromatic N) is 2. The lowest BCUT2D eigenvalue weighted by atomic mass is 9.99. The Morgan fingerprint density at radius 1 is 1.52 bits per heavy atom. The molecule has 1 atom stereocenters. The Morgan fingerprint density at radius 3 is 2.95 bits per heavy atom. The van der Waals surface area contributed by atoms with E-state index in [4.69, 9.17) is 22.2 Å². The van der Waals surface area contributed by atoms with Gasteiger partial charge in [-0.3, -0.25) is 10.5 Å². The zero-order chi connectivity index (χ0) is 15.4. The summed E-state index contributed by atoms with van der Waals surface area (Å²) < 4.78 is 7.89. The standard InChI is InChI=1S/C14H18BrClN4O/c1-9-10(4-3-5-12(9)16)13(19-17)14-11(15)8-18-20(14)6-7-21-2/h3-5,8,13,19H,6-7,17H2,1-2H3. The summed E-state index contributed by atoms with van der Waals surface area (Å²) in [7, 11) is 1.66. The van der Waals surface area contributed by atoms with E-state index in [-0.39, 0.29) is 6.04 Å². The molecule has 0 amide bonds. The molecular formula is C14H18BrClN4O. The molecule has 2 aromatic rings. The number of benzene rings is 1. The van der Waals surface area contributed by atoms with Crippen LogP contribution in [0.4, 0.5) is 0 Å². The lowest BCUT2D eigenvalue weighted by Gasteiger charge is -2.21. The molecule has 1 unspecified atom stereocenters. The second-order valence-electron chi connectivity index (χ2n) is 4.65. The first-order valence-corrected chi connectivity index (χ1v) is 7.68. The van der Waals surface area contributed by atoms with Crippen molar-refractivity contribution in [2.75, 3.05) is 13.7 Å². The molecule has 0 spiro atoms. The van der Waals surface area contributed by atoms with Crippen LogP contribution in [-0.2, 0) is 11.3 Å². The van der Waals surface area contributed by atoms with Gasteiger partial charge in [0.15, 0.2) is 0 Å². The number of hydrogen-bond donors (Lipinski definition) is 2. The van der Waals surface area contributed by atoms with Crippen LogP contribution in [-0.4, -0.2) is 23.5 Å². The van der Waals surface area contributed by atoms with Crippen LogP contribution in [0.1, 0.15) is 22.9 Å². The fraction of sp³-hybridized carbons (Fsp3) is 0.357. The fourth-order valence-electron chi connectivity index (χ4n) is 2.27. The molecular weight excluding hydrogens is 356 g/mol. The van der Waals surface area contributed by atoms with Crippen LogP contribution in [0.25, 0.3) is 0 Å². The Balaban J connectivity index is 2.46. The number of aromatic nitrogens is 2. The van der Waals surface area contributed by atoms with Gasteiger partial charge in [0.2, 0.25) is 0 Å². The van der Waals surface area contributed by atoms with E-state index in [1.54, 1.807) is 13.3 Å². The van der Waals surface area contributed by atoms with E-state index in [0.29, 0.717) is 18.2 Å². The molecule has 0 aliphatic rings. The zero-order valence-electron chi connectivity index (χ0n) is 11.9. The number of nitrogens with two attached hydrogens (primary N) is 1. The van der Waals surface area contributed by atoms with Crippen LogP contribution in [0.15, 0.2) is 28.9 Å². The van der Waals surface area contributed by atoms with Crippen LogP contribution in [0.2, 0.25) is 5.02 Å². The van der Waals surface area contributed by atoms with E-state index in [1.807, 2.05) is 29.8 Å². The Morgan fingerprint density at radius 2 is 2.29 bits per heavy atom. The SMILES string of the molecule is COCCn1ncc(Br)c1C(NN)c1cccc(Cl)c1C. The molecule has 1 heterocycles. The highest BCUT2D eigenvalue weighted by Gasteiger charge is 2.22. The molecule has 7 heteroatoms. The topological polar surface area (TPSA) is 65.1 Å². The van der Waals surface area contributed by atoms with Crippen molar-refractivity contribution in [3.63, 3.8) is 0 Å². The zero-order valence-corrected chi connectivity index (χ0v) is 14.3. The summed E-state index contributed by atoms with van der Waals surface area (Å²) in [6, 6.07) is 5.58. The Labute approximate surface area is 137 Å². The Hall–Kier alpha value is -0.920. The highest BCUT2D eigenvalue weighted by molar-refractivity contribution is 9.10. The third-order valence-electron chi connectivity index (χ3n) is 3.40. The molecule has 0 aliphatic heterocycles. The Kier molecular flexibility index (Phi) is 5.78. The van der Waals surface area contributed by atoms with Crippen molar-refractivity contribution < 1.29 is 4.74 Å². The lowest BCUT2D eigenvalue weighted by Crippen LogP contribution is -2.32. The second kappa shape index (κ2) is 7.38. The van der Waals surface area contributed by atoms with Gasteiger partial charge in [-0.25, -0.2) is 5.43 Å². The predicted octanol–water partition coefficient (Wildman–Crippen LogP) is 2.81. The van der Waals surface area contributed by atoms with Gasteiger partial charge in [-0.1, -0.05) is 23.7 Å². The lowest BCUT2D eigenvalue weighted by molar-refractivity contribution is 0.182. The minimum Gasteiger partial charge on any atom is -0.383 e. The molecule has 0 bridgehead atoms. The van der Waals surface area contributed by atoms with Crippen LogP contribution in [0.5, 0.6) is 0 Å². The summed E-state index contributed by atoms with van der Waals surface area (Å²) >= 11 is 9.75. The molecule has 0 radical (unpaired) electrons. The van der Waals surface area contributed by atoms with Crippen LogP contribution in [0.3, 0.4) is 0 Å². The first kappa shape index (κ1) is 16.5. The largest absolute Gasteiger partial charge is 0.383 e. The van der Waals surface area contributed by atoms with Crippen molar-refractivity contribution in [2.24, 2.45) is 5.84 Å². The maximum absolute atomic E-state index is 6.22. The summed E-state index contributed by atoms with van der Waals surface area (Å²) in [5.74, 6) is 5.80. The number of hydrogen-bond acceptors (Lipinski definition) is 4. The van der Waals surface area contributed by atoms with E-state index >= 15 is 0 Å². The normalized spacial score (nSPS) is 12.6. The number of hydrazine groups is 1. The third-order valence-corrected chi connectivity index (χ3v) is 4.42. The smallest absolute Gasteiger partial charge is 0.0892 e. The monoisotopic (exact) mass is 372 g/mol. The third kappa shape index (κ3) is 3.46. The summed E-state index contributed by atoms with van der Waals surface area (Å²) in [4.78, 5) is 0. The van der Waals surface area contributed by atoms with Gasteiger partial charge in [0.1, 0.15) is 0 Å². The van der Waals surface area contributed by atoms with Gasteiger partial charge >= 0.3 is 0 Å². The fourth-order valence-corrected chi connectivity index (χ4v) is 2.97. The molecule has 21 heavy (non-hydrogen) atoms. The average molecular weight is 374 g/mol. The predicted molar refractivity (Wildman–Crippen MR) is 87.2 cm³/mol. The minimum atomic E-state index is -0.211. The van der Waals surface area contributed by atoms with Gasteiger partial charge in [0.25, 0.3) is 0 Å².